The van der Waals surface area contributed by atoms with Crippen LogP contribution in [0.25, 0.3) is 11.5 Å². The van der Waals surface area contributed by atoms with Crippen LogP contribution < -0.4 is 5.32 Å². The van der Waals surface area contributed by atoms with Crippen molar-refractivity contribution < 1.29 is 4.79 Å². The first-order chi connectivity index (χ1) is 18.6. The maximum absolute atomic E-state index is 13.9. The third-order valence-electron chi connectivity index (χ3n) is 7.34. The minimum atomic E-state index is -0.261. The van der Waals surface area contributed by atoms with Crippen LogP contribution in [0, 0.1) is 6.92 Å². The van der Waals surface area contributed by atoms with Crippen LogP contribution in [0.1, 0.15) is 46.6 Å². The van der Waals surface area contributed by atoms with Gasteiger partial charge in [0.1, 0.15) is 5.82 Å². The van der Waals surface area contributed by atoms with Crippen molar-refractivity contribution in [2.75, 3.05) is 0 Å². The Balaban J connectivity index is 1.48. The molecule has 1 aliphatic heterocycles. The van der Waals surface area contributed by atoms with Crippen molar-refractivity contribution in [3.8, 4) is 11.5 Å². The molecule has 0 aliphatic carbocycles. The first-order valence-corrected chi connectivity index (χ1v) is 13.1. The molecule has 6 heteroatoms. The number of aromatic nitrogens is 3. The van der Waals surface area contributed by atoms with Gasteiger partial charge in [-0.15, -0.1) is 0 Å². The van der Waals surface area contributed by atoms with E-state index in [1.807, 2.05) is 65.0 Å². The molecule has 2 amide bonds. The van der Waals surface area contributed by atoms with Crippen LogP contribution in [-0.2, 0) is 19.5 Å². The van der Waals surface area contributed by atoms with Gasteiger partial charge in [-0.05, 0) is 54.3 Å². The van der Waals surface area contributed by atoms with Crippen LogP contribution in [0.5, 0.6) is 0 Å². The SMILES string of the molecule is CCc1ccc([C@H]2c3cccn3-c3c(c(C)nn3-c3ccccc3)CN2C(=O)NCc2ccccc2)cc1. The highest BCUT2D eigenvalue weighted by Crippen LogP contribution is 2.38. The summed E-state index contributed by atoms with van der Waals surface area (Å²) in [6.07, 6.45) is 3.05. The zero-order valence-corrected chi connectivity index (χ0v) is 21.7. The number of rotatable bonds is 5. The maximum atomic E-state index is 13.9. The largest absolute Gasteiger partial charge is 0.334 e. The number of carbonyl (C=O) groups is 1. The van der Waals surface area contributed by atoms with Gasteiger partial charge < -0.3 is 14.8 Å². The van der Waals surface area contributed by atoms with Crippen LogP contribution in [0.2, 0.25) is 0 Å². The number of carbonyl (C=O) groups excluding carboxylic acids is 1. The van der Waals surface area contributed by atoms with Crippen molar-refractivity contribution in [2.45, 2.75) is 39.4 Å². The van der Waals surface area contributed by atoms with Gasteiger partial charge in [0, 0.05) is 18.3 Å². The number of urea groups is 1. The van der Waals surface area contributed by atoms with Gasteiger partial charge in [0.15, 0.2) is 0 Å². The Hall–Kier alpha value is -4.58. The van der Waals surface area contributed by atoms with Crippen LogP contribution in [-0.4, -0.2) is 25.3 Å². The van der Waals surface area contributed by atoms with Crippen molar-refractivity contribution in [3.63, 3.8) is 0 Å². The Morgan fingerprint density at radius 1 is 0.895 bits per heavy atom. The molecule has 0 unspecified atom stereocenters. The Morgan fingerprint density at radius 2 is 1.61 bits per heavy atom. The number of para-hydroxylation sites is 1. The smallest absolute Gasteiger partial charge is 0.318 e. The lowest BCUT2D eigenvalue weighted by Gasteiger charge is -2.31. The molecule has 0 spiro atoms. The highest BCUT2D eigenvalue weighted by atomic mass is 16.2. The van der Waals surface area contributed by atoms with Gasteiger partial charge in [-0.25, -0.2) is 9.48 Å². The molecule has 1 N–H and O–H groups in total. The van der Waals surface area contributed by atoms with Crippen molar-refractivity contribution in [3.05, 3.63) is 137 Å². The second-order valence-electron chi connectivity index (χ2n) is 9.71. The molecule has 0 radical (unpaired) electrons. The fourth-order valence-corrected chi connectivity index (χ4v) is 5.31. The molecule has 38 heavy (non-hydrogen) atoms. The number of nitrogens with one attached hydrogen (secondary N) is 1. The summed E-state index contributed by atoms with van der Waals surface area (Å²) < 4.78 is 4.20. The molecule has 1 atom stereocenters. The van der Waals surface area contributed by atoms with Crippen LogP contribution in [0.15, 0.2) is 103 Å². The van der Waals surface area contributed by atoms with Crippen molar-refractivity contribution in [1.29, 1.82) is 0 Å². The molecule has 190 valence electrons. The summed E-state index contributed by atoms with van der Waals surface area (Å²) in [5.74, 6) is 0.974. The third-order valence-corrected chi connectivity index (χ3v) is 7.34. The molecule has 0 saturated heterocycles. The van der Waals surface area contributed by atoms with Gasteiger partial charge in [-0.3, -0.25) is 0 Å². The van der Waals surface area contributed by atoms with Gasteiger partial charge in [-0.2, -0.15) is 5.10 Å². The highest BCUT2D eigenvalue weighted by molar-refractivity contribution is 5.76. The lowest BCUT2D eigenvalue weighted by molar-refractivity contribution is 0.180. The van der Waals surface area contributed by atoms with E-state index in [4.69, 9.17) is 5.10 Å². The zero-order chi connectivity index (χ0) is 26.1. The second-order valence-corrected chi connectivity index (χ2v) is 9.71. The van der Waals surface area contributed by atoms with Crippen molar-refractivity contribution >= 4 is 6.03 Å². The van der Waals surface area contributed by atoms with Gasteiger partial charge in [0.05, 0.1) is 29.7 Å². The Labute approximate surface area is 223 Å². The molecule has 2 aromatic heterocycles. The molecule has 6 nitrogen and oxygen atoms in total. The average Bonchev–Trinajstić information content (AvgIpc) is 3.53. The summed E-state index contributed by atoms with van der Waals surface area (Å²) in [6, 6.07) is 32.6. The molecule has 1 aliphatic rings. The van der Waals surface area contributed by atoms with E-state index in [2.05, 4.69) is 71.5 Å². The van der Waals surface area contributed by atoms with E-state index in [9.17, 15) is 4.79 Å². The fourth-order valence-electron chi connectivity index (χ4n) is 5.31. The minimum Gasteiger partial charge on any atom is -0.334 e. The Kier molecular flexibility index (Phi) is 6.30. The fraction of sp³-hybridized carbons (Fsp3) is 0.188. The monoisotopic (exact) mass is 501 g/mol. The van der Waals surface area contributed by atoms with E-state index < -0.39 is 0 Å². The zero-order valence-electron chi connectivity index (χ0n) is 21.7. The standard InChI is InChI=1S/C32H31N5O/c1-3-24-16-18-26(19-17-24)30-29-15-10-20-35(29)31-28(23(2)34-37(31)27-13-8-5-9-14-27)22-36(30)32(38)33-21-25-11-6-4-7-12-25/h4-20,30H,3,21-22H2,1-2H3,(H,33,38)/t30-/m0/s1. The van der Waals surface area contributed by atoms with E-state index in [1.54, 1.807) is 0 Å². The molecular weight excluding hydrogens is 470 g/mol. The topological polar surface area (TPSA) is 55.1 Å². The molecule has 5 aromatic rings. The lowest BCUT2D eigenvalue weighted by Crippen LogP contribution is -2.41. The number of hydrogen-bond acceptors (Lipinski definition) is 2. The van der Waals surface area contributed by atoms with Crippen LogP contribution in [0.3, 0.4) is 0 Å². The van der Waals surface area contributed by atoms with Gasteiger partial charge in [-0.1, -0.05) is 79.7 Å². The van der Waals surface area contributed by atoms with Crippen molar-refractivity contribution in [1.82, 2.24) is 24.6 Å². The molecule has 6 rings (SSSR count). The van der Waals surface area contributed by atoms with E-state index in [1.165, 1.54) is 5.56 Å². The molecule has 0 fully saturated rings. The minimum absolute atomic E-state index is 0.106. The Morgan fingerprint density at radius 3 is 2.32 bits per heavy atom. The summed E-state index contributed by atoms with van der Waals surface area (Å²) in [5.41, 5.74) is 7.38. The van der Waals surface area contributed by atoms with Crippen LogP contribution in [0.4, 0.5) is 4.79 Å². The number of amides is 2. The lowest BCUT2D eigenvalue weighted by atomic mass is 9.99. The summed E-state index contributed by atoms with van der Waals surface area (Å²) in [6.45, 7) is 5.09. The van der Waals surface area contributed by atoms with E-state index in [-0.39, 0.29) is 12.1 Å². The first-order valence-electron chi connectivity index (χ1n) is 13.1. The van der Waals surface area contributed by atoms with E-state index in [0.717, 1.165) is 46.0 Å². The number of benzene rings is 3. The quantitative estimate of drug-likeness (QED) is 0.305. The summed E-state index contributed by atoms with van der Waals surface area (Å²) in [4.78, 5) is 15.9. The Bertz CT molecular complexity index is 1550. The second kappa shape index (κ2) is 10.1. The van der Waals surface area contributed by atoms with E-state index >= 15 is 0 Å². The average molecular weight is 502 g/mol. The first kappa shape index (κ1) is 23.8. The van der Waals surface area contributed by atoms with Gasteiger partial charge >= 0.3 is 6.03 Å². The third kappa shape index (κ3) is 4.28. The normalized spacial score (nSPS) is 14.5. The molecule has 3 heterocycles. The van der Waals surface area contributed by atoms with Gasteiger partial charge in [0.25, 0.3) is 0 Å². The highest BCUT2D eigenvalue weighted by Gasteiger charge is 2.35. The maximum Gasteiger partial charge on any atom is 0.318 e. The van der Waals surface area contributed by atoms with Crippen molar-refractivity contribution in [2.24, 2.45) is 0 Å². The molecular formula is C32H31N5O. The summed E-state index contributed by atoms with van der Waals surface area (Å²) in [5, 5.41) is 8.11. The number of fused-ring (bicyclic) bond motifs is 3. The predicted octanol–water partition coefficient (Wildman–Crippen LogP) is 6.35. The van der Waals surface area contributed by atoms with Crippen LogP contribution >= 0.6 is 0 Å². The summed E-state index contributed by atoms with van der Waals surface area (Å²) >= 11 is 0. The van der Waals surface area contributed by atoms with Gasteiger partial charge in [0.2, 0.25) is 0 Å². The number of nitrogens with zero attached hydrogens (tertiary/aromatic N) is 4. The predicted molar refractivity (Wildman–Crippen MR) is 150 cm³/mol. The molecule has 3 aromatic carbocycles. The van der Waals surface area contributed by atoms with E-state index in [0.29, 0.717) is 13.1 Å². The molecule has 0 bridgehead atoms. The summed E-state index contributed by atoms with van der Waals surface area (Å²) in [7, 11) is 0. The number of aryl methyl sites for hydroxylation is 2. The number of hydrogen-bond donors (Lipinski definition) is 1. The molecule has 0 saturated carbocycles.